The van der Waals surface area contributed by atoms with Crippen LogP contribution in [0.25, 0.3) is 0 Å². The fourth-order valence-corrected chi connectivity index (χ4v) is 2.57. The van der Waals surface area contributed by atoms with Crippen LogP contribution in [0.1, 0.15) is 31.2 Å². The predicted molar refractivity (Wildman–Crippen MR) is 62.9 cm³/mol. The van der Waals surface area contributed by atoms with Gasteiger partial charge in [0, 0.05) is 18.4 Å². The Morgan fingerprint density at radius 3 is 2.87 bits per heavy atom. The number of halogens is 1. The minimum Gasteiger partial charge on any atom is -0.327 e. The molecule has 0 aromatic carbocycles. The Bertz CT molecular complexity index is 321. The van der Waals surface area contributed by atoms with E-state index in [9.17, 15) is 0 Å². The number of hydrogen-bond acceptors (Lipinski definition) is 2. The van der Waals surface area contributed by atoms with Gasteiger partial charge in [0.05, 0.1) is 5.02 Å². The summed E-state index contributed by atoms with van der Waals surface area (Å²) in [5.41, 5.74) is 7.33. The second-order valence-corrected chi connectivity index (χ2v) is 4.79. The second-order valence-electron chi connectivity index (χ2n) is 4.38. The minimum atomic E-state index is 0.257. The second kappa shape index (κ2) is 4.95. The van der Waals surface area contributed by atoms with Gasteiger partial charge in [0.2, 0.25) is 0 Å². The SMILES string of the molecule is NC(Cc1ccncc1Cl)C1CCCC1. The highest BCUT2D eigenvalue weighted by atomic mass is 35.5. The molecule has 0 radical (unpaired) electrons. The highest BCUT2D eigenvalue weighted by molar-refractivity contribution is 6.31. The molecule has 1 unspecified atom stereocenters. The van der Waals surface area contributed by atoms with Gasteiger partial charge < -0.3 is 5.73 Å². The molecule has 1 heterocycles. The van der Waals surface area contributed by atoms with Crippen LogP contribution in [0.4, 0.5) is 0 Å². The summed E-state index contributed by atoms with van der Waals surface area (Å²) in [6.07, 6.45) is 9.59. The summed E-state index contributed by atoms with van der Waals surface area (Å²) >= 11 is 6.06. The maximum Gasteiger partial charge on any atom is 0.0621 e. The maximum absolute atomic E-state index is 6.20. The quantitative estimate of drug-likeness (QED) is 0.858. The Labute approximate surface area is 95.8 Å². The Morgan fingerprint density at radius 2 is 2.20 bits per heavy atom. The molecule has 1 fully saturated rings. The van der Waals surface area contributed by atoms with Crippen molar-refractivity contribution in [1.29, 1.82) is 0 Å². The summed E-state index contributed by atoms with van der Waals surface area (Å²) in [5, 5.41) is 0.742. The van der Waals surface area contributed by atoms with Gasteiger partial charge in [0.25, 0.3) is 0 Å². The zero-order valence-corrected chi connectivity index (χ0v) is 9.58. The van der Waals surface area contributed by atoms with Crippen molar-refractivity contribution in [2.75, 3.05) is 0 Å². The van der Waals surface area contributed by atoms with Gasteiger partial charge in [0.15, 0.2) is 0 Å². The summed E-state index contributed by atoms with van der Waals surface area (Å²) in [5.74, 6) is 0.689. The molecule has 2 N–H and O–H groups in total. The number of pyridine rings is 1. The van der Waals surface area contributed by atoms with Crippen molar-refractivity contribution in [3.05, 3.63) is 29.0 Å². The monoisotopic (exact) mass is 224 g/mol. The smallest absolute Gasteiger partial charge is 0.0621 e. The predicted octanol–water partition coefficient (Wildman–Crippen LogP) is 2.80. The van der Waals surface area contributed by atoms with Crippen LogP contribution < -0.4 is 5.73 Å². The van der Waals surface area contributed by atoms with Crippen LogP contribution in [0.2, 0.25) is 5.02 Å². The van der Waals surface area contributed by atoms with Crippen LogP contribution in [0.3, 0.4) is 0 Å². The fraction of sp³-hybridized carbons (Fsp3) is 0.583. The number of aromatic nitrogens is 1. The summed E-state index contributed by atoms with van der Waals surface area (Å²) < 4.78 is 0. The molecule has 1 aliphatic carbocycles. The molecule has 0 saturated heterocycles. The molecule has 1 atom stereocenters. The average Bonchev–Trinajstić information content (AvgIpc) is 2.74. The molecule has 1 saturated carbocycles. The van der Waals surface area contributed by atoms with Gasteiger partial charge >= 0.3 is 0 Å². The van der Waals surface area contributed by atoms with Crippen molar-refractivity contribution in [3.8, 4) is 0 Å². The first-order valence-electron chi connectivity index (χ1n) is 5.61. The minimum absolute atomic E-state index is 0.257. The third-order valence-corrected chi connectivity index (χ3v) is 3.66. The molecular formula is C12H17ClN2. The molecule has 0 amide bonds. The Morgan fingerprint density at radius 1 is 1.47 bits per heavy atom. The van der Waals surface area contributed by atoms with Crippen LogP contribution in [0, 0.1) is 5.92 Å². The summed E-state index contributed by atoms with van der Waals surface area (Å²) in [7, 11) is 0. The van der Waals surface area contributed by atoms with Gasteiger partial charge in [0.1, 0.15) is 0 Å². The zero-order chi connectivity index (χ0) is 10.7. The van der Waals surface area contributed by atoms with E-state index in [4.69, 9.17) is 17.3 Å². The lowest BCUT2D eigenvalue weighted by Gasteiger charge is -2.19. The van der Waals surface area contributed by atoms with E-state index in [2.05, 4.69) is 4.98 Å². The van der Waals surface area contributed by atoms with E-state index in [-0.39, 0.29) is 6.04 Å². The highest BCUT2D eigenvalue weighted by Gasteiger charge is 2.22. The zero-order valence-electron chi connectivity index (χ0n) is 8.82. The van der Waals surface area contributed by atoms with Crippen LogP contribution in [0.15, 0.2) is 18.5 Å². The molecule has 0 spiro atoms. The largest absolute Gasteiger partial charge is 0.327 e. The number of rotatable bonds is 3. The Kier molecular flexibility index (Phi) is 3.60. The van der Waals surface area contributed by atoms with Crippen molar-refractivity contribution in [2.24, 2.45) is 11.7 Å². The first kappa shape index (κ1) is 10.9. The number of hydrogen-bond donors (Lipinski definition) is 1. The van der Waals surface area contributed by atoms with Crippen molar-refractivity contribution in [2.45, 2.75) is 38.1 Å². The van der Waals surface area contributed by atoms with E-state index in [1.165, 1.54) is 25.7 Å². The molecular weight excluding hydrogens is 208 g/mol. The molecule has 82 valence electrons. The third kappa shape index (κ3) is 2.70. The molecule has 2 nitrogen and oxygen atoms in total. The van der Waals surface area contributed by atoms with E-state index in [1.807, 2.05) is 6.07 Å². The van der Waals surface area contributed by atoms with E-state index >= 15 is 0 Å². The van der Waals surface area contributed by atoms with E-state index < -0.39 is 0 Å². The molecule has 0 bridgehead atoms. The van der Waals surface area contributed by atoms with Crippen molar-refractivity contribution < 1.29 is 0 Å². The lowest BCUT2D eigenvalue weighted by Crippen LogP contribution is -2.30. The van der Waals surface area contributed by atoms with Crippen LogP contribution in [-0.2, 0) is 6.42 Å². The summed E-state index contributed by atoms with van der Waals surface area (Å²) in [4.78, 5) is 3.98. The van der Waals surface area contributed by atoms with E-state index in [1.54, 1.807) is 12.4 Å². The molecule has 0 aliphatic heterocycles. The number of nitrogens with zero attached hydrogens (tertiary/aromatic N) is 1. The first-order valence-corrected chi connectivity index (χ1v) is 5.99. The van der Waals surface area contributed by atoms with Crippen molar-refractivity contribution in [3.63, 3.8) is 0 Å². The van der Waals surface area contributed by atoms with Gasteiger partial charge in [-0.3, -0.25) is 4.98 Å². The molecule has 3 heteroatoms. The molecule has 2 rings (SSSR count). The van der Waals surface area contributed by atoms with Gasteiger partial charge in [-0.05, 0) is 36.8 Å². The molecule has 1 aromatic heterocycles. The highest BCUT2D eigenvalue weighted by Crippen LogP contribution is 2.29. The first-order chi connectivity index (χ1) is 7.27. The maximum atomic E-state index is 6.20. The number of nitrogens with two attached hydrogens (primary N) is 1. The molecule has 1 aliphatic rings. The average molecular weight is 225 g/mol. The fourth-order valence-electron chi connectivity index (χ4n) is 2.38. The van der Waals surface area contributed by atoms with E-state index in [0.717, 1.165) is 17.0 Å². The van der Waals surface area contributed by atoms with Crippen LogP contribution >= 0.6 is 11.6 Å². The van der Waals surface area contributed by atoms with E-state index in [0.29, 0.717) is 5.92 Å². The normalized spacial score (nSPS) is 19.3. The lowest BCUT2D eigenvalue weighted by molar-refractivity contribution is 0.429. The van der Waals surface area contributed by atoms with Crippen LogP contribution in [0.5, 0.6) is 0 Å². The van der Waals surface area contributed by atoms with Gasteiger partial charge in [-0.2, -0.15) is 0 Å². The summed E-state index contributed by atoms with van der Waals surface area (Å²) in [6.45, 7) is 0. The van der Waals surface area contributed by atoms with Gasteiger partial charge in [-0.25, -0.2) is 0 Å². The van der Waals surface area contributed by atoms with Gasteiger partial charge in [-0.1, -0.05) is 24.4 Å². The van der Waals surface area contributed by atoms with Crippen molar-refractivity contribution in [1.82, 2.24) is 4.98 Å². The lowest BCUT2D eigenvalue weighted by atomic mass is 9.93. The topological polar surface area (TPSA) is 38.9 Å². The molecule has 15 heavy (non-hydrogen) atoms. The standard InChI is InChI=1S/C12H17ClN2/c13-11-8-15-6-5-10(11)7-12(14)9-3-1-2-4-9/h5-6,8-9,12H,1-4,7,14H2. The van der Waals surface area contributed by atoms with Crippen molar-refractivity contribution >= 4 is 11.6 Å². The van der Waals surface area contributed by atoms with Crippen LogP contribution in [-0.4, -0.2) is 11.0 Å². The Hall–Kier alpha value is -0.600. The molecule has 1 aromatic rings. The van der Waals surface area contributed by atoms with Gasteiger partial charge in [-0.15, -0.1) is 0 Å². The Balaban J connectivity index is 1.99. The summed E-state index contributed by atoms with van der Waals surface area (Å²) in [6, 6.07) is 2.23. The third-order valence-electron chi connectivity index (χ3n) is 3.32.